The van der Waals surface area contributed by atoms with Crippen LogP contribution in [0.25, 0.3) is 22.4 Å². The van der Waals surface area contributed by atoms with Crippen molar-refractivity contribution in [3.05, 3.63) is 36.0 Å². The van der Waals surface area contributed by atoms with Crippen LogP contribution >= 0.6 is 0 Å². The molecule has 29 heavy (non-hydrogen) atoms. The van der Waals surface area contributed by atoms with Crippen LogP contribution in [0, 0.1) is 6.92 Å². The zero-order valence-corrected chi connectivity index (χ0v) is 17.6. The maximum Gasteiger partial charge on any atom is 0.229 e. The molecule has 1 aliphatic rings. The van der Waals surface area contributed by atoms with Crippen molar-refractivity contribution in [1.82, 2.24) is 15.0 Å². The van der Waals surface area contributed by atoms with E-state index in [0.29, 0.717) is 36.8 Å². The van der Waals surface area contributed by atoms with Crippen LogP contribution in [-0.2, 0) is 14.8 Å². The summed E-state index contributed by atoms with van der Waals surface area (Å²) in [6, 6.07) is 9.53. The third-order valence-electron chi connectivity index (χ3n) is 4.98. The second-order valence-electron chi connectivity index (χ2n) is 7.39. The Balaban J connectivity index is 1.81. The molecule has 0 saturated carbocycles. The van der Waals surface area contributed by atoms with Crippen LogP contribution in [0.3, 0.4) is 0 Å². The quantitative estimate of drug-likeness (QED) is 0.665. The van der Waals surface area contributed by atoms with Crippen LogP contribution in [0.15, 0.2) is 30.3 Å². The first kappa shape index (κ1) is 19.7. The van der Waals surface area contributed by atoms with Crippen molar-refractivity contribution in [2.75, 3.05) is 35.6 Å². The van der Waals surface area contributed by atoms with Crippen molar-refractivity contribution in [1.29, 1.82) is 0 Å². The fourth-order valence-electron chi connectivity index (χ4n) is 3.65. The summed E-state index contributed by atoms with van der Waals surface area (Å²) < 4.78 is 31.9. The van der Waals surface area contributed by atoms with Crippen LogP contribution < -0.4 is 9.62 Å². The third-order valence-corrected chi connectivity index (χ3v) is 5.59. The van der Waals surface area contributed by atoms with Gasteiger partial charge in [0.25, 0.3) is 0 Å². The van der Waals surface area contributed by atoms with E-state index < -0.39 is 10.0 Å². The van der Waals surface area contributed by atoms with Gasteiger partial charge in [-0.25, -0.2) is 18.4 Å². The number of ether oxygens (including phenoxy) is 1. The van der Waals surface area contributed by atoms with Crippen LogP contribution in [0.1, 0.15) is 19.0 Å². The average molecular weight is 416 g/mol. The number of anilines is 2. The fraction of sp³-hybridized carbons (Fsp3) is 0.400. The number of sulfonamides is 1. The Hall–Kier alpha value is -2.65. The van der Waals surface area contributed by atoms with E-state index in [9.17, 15) is 8.42 Å². The Labute approximate surface area is 170 Å². The lowest BCUT2D eigenvalue weighted by atomic mass is 10.1. The van der Waals surface area contributed by atoms with Crippen molar-refractivity contribution in [2.24, 2.45) is 0 Å². The molecule has 154 valence electrons. The van der Waals surface area contributed by atoms with Gasteiger partial charge >= 0.3 is 0 Å². The Morgan fingerprint density at radius 2 is 2.07 bits per heavy atom. The molecule has 4 rings (SSSR count). The number of nitrogens with zero attached hydrogens (tertiary/aromatic N) is 3. The number of nitrogens with one attached hydrogen (secondary N) is 2. The molecule has 8 nitrogen and oxygen atoms in total. The molecule has 2 N–H and O–H groups in total. The van der Waals surface area contributed by atoms with Gasteiger partial charge in [-0.15, -0.1) is 0 Å². The molecule has 1 fully saturated rings. The van der Waals surface area contributed by atoms with E-state index in [-0.39, 0.29) is 6.04 Å². The third kappa shape index (κ3) is 4.35. The van der Waals surface area contributed by atoms with Crippen molar-refractivity contribution in [2.45, 2.75) is 26.3 Å². The average Bonchev–Trinajstić information content (AvgIpc) is 3.05. The number of hydrogen-bond acceptors (Lipinski definition) is 6. The summed E-state index contributed by atoms with van der Waals surface area (Å²) in [6.45, 7) is 6.04. The van der Waals surface area contributed by atoms with Crippen molar-refractivity contribution in [3.63, 3.8) is 0 Å². The van der Waals surface area contributed by atoms with Gasteiger partial charge < -0.3 is 14.6 Å². The van der Waals surface area contributed by atoms with E-state index in [2.05, 4.69) is 21.5 Å². The van der Waals surface area contributed by atoms with Gasteiger partial charge in [-0.05, 0) is 37.6 Å². The number of aryl methyl sites for hydroxylation is 1. The molecule has 0 bridgehead atoms. The maximum atomic E-state index is 11.8. The summed E-state index contributed by atoms with van der Waals surface area (Å²) in [6.07, 6.45) is 2.05. The van der Waals surface area contributed by atoms with Crippen LogP contribution in [0.4, 0.5) is 11.5 Å². The summed E-state index contributed by atoms with van der Waals surface area (Å²) in [5.74, 6) is 0.718. The van der Waals surface area contributed by atoms with Gasteiger partial charge in [-0.3, -0.25) is 4.72 Å². The SMILES string of the molecule is CC[C@H]1COCCN1c1cc(NS(C)(=O)=O)cc(-c2ccc3[nH]c(C)cc3n2)n1. The molecule has 3 aromatic rings. The number of hydrogen-bond donors (Lipinski definition) is 2. The number of aromatic amines is 1. The summed E-state index contributed by atoms with van der Waals surface area (Å²) in [5.41, 5.74) is 4.62. The molecule has 0 spiro atoms. The molecule has 9 heteroatoms. The predicted molar refractivity (Wildman–Crippen MR) is 115 cm³/mol. The minimum atomic E-state index is -3.42. The van der Waals surface area contributed by atoms with E-state index in [1.807, 2.05) is 25.1 Å². The number of aromatic nitrogens is 3. The number of fused-ring (bicyclic) bond motifs is 1. The van der Waals surface area contributed by atoms with Crippen molar-refractivity contribution < 1.29 is 13.2 Å². The van der Waals surface area contributed by atoms with Gasteiger partial charge in [0.05, 0.1) is 53.6 Å². The second kappa shape index (κ2) is 7.64. The number of pyridine rings is 2. The van der Waals surface area contributed by atoms with E-state index in [1.54, 1.807) is 12.1 Å². The van der Waals surface area contributed by atoms with Crippen molar-refractivity contribution >= 4 is 32.6 Å². The largest absolute Gasteiger partial charge is 0.377 e. The highest BCUT2D eigenvalue weighted by Crippen LogP contribution is 2.29. The number of H-pyrrole nitrogens is 1. The first-order valence-electron chi connectivity index (χ1n) is 9.63. The molecule has 4 heterocycles. The lowest BCUT2D eigenvalue weighted by molar-refractivity contribution is 0.0926. The van der Waals surface area contributed by atoms with Gasteiger partial charge in [0.1, 0.15) is 5.82 Å². The highest BCUT2D eigenvalue weighted by Gasteiger charge is 2.24. The molecule has 0 aromatic carbocycles. The Morgan fingerprint density at radius 3 is 2.83 bits per heavy atom. The van der Waals surface area contributed by atoms with Gasteiger partial charge in [0, 0.05) is 18.3 Å². The van der Waals surface area contributed by atoms with Gasteiger partial charge in [0.15, 0.2) is 0 Å². The normalized spacial score (nSPS) is 17.6. The predicted octanol–water partition coefficient (Wildman–Crippen LogP) is 2.92. The van der Waals surface area contributed by atoms with Gasteiger partial charge in [0.2, 0.25) is 10.0 Å². The monoisotopic (exact) mass is 415 g/mol. The number of rotatable bonds is 5. The molecule has 0 radical (unpaired) electrons. The summed E-state index contributed by atoms with van der Waals surface area (Å²) in [7, 11) is -3.42. The van der Waals surface area contributed by atoms with Crippen LogP contribution in [0.5, 0.6) is 0 Å². The Bertz CT molecular complexity index is 1140. The molecule has 1 aliphatic heterocycles. The molecule has 0 aliphatic carbocycles. The van der Waals surface area contributed by atoms with Crippen LogP contribution in [0.2, 0.25) is 0 Å². The zero-order valence-electron chi connectivity index (χ0n) is 16.8. The molecule has 0 amide bonds. The molecule has 3 aromatic heterocycles. The molecular formula is C20H25N5O3S. The highest BCUT2D eigenvalue weighted by molar-refractivity contribution is 7.92. The molecule has 0 unspecified atom stereocenters. The summed E-state index contributed by atoms with van der Waals surface area (Å²) in [5, 5.41) is 0. The fourth-order valence-corrected chi connectivity index (χ4v) is 4.19. The second-order valence-corrected chi connectivity index (χ2v) is 9.13. The lowest BCUT2D eigenvalue weighted by Gasteiger charge is -2.36. The smallest absolute Gasteiger partial charge is 0.229 e. The molecule has 1 atom stereocenters. The summed E-state index contributed by atoms with van der Waals surface area (Å²) in [4.78, 5) is 15.0. The van der Waals surface area contributed by atoms with Gasteiger partial charge in [-0.1, -0.05) is 6.92 Å². The maximum absolute atomic E-state index is 11.8. The van der Waals surface area contributed by atoms with Crippen LogP contribution in [-0.4, -0.2) is 55.4 Å². The van der Waals surface area contributed by atoms with Crippen molar-refractivity contribution in [3.8, 4) is 11.4 Å². The van der Waals surface area contributed by atoms with E-state index in [0.717, 1.165) is 35.2 Å². The molecule has 1 saturated heterocycles. The Morgan fingerprint density at radius 1 is 1.24 bits per heavy atom. The van der Waals surface area contributed by atoms with E-state index >= 15 is 0 Å². The number of morpholine rings is 1. The highest BCUT2D eigenvalue weighted by atomic mass is 32.2. The Kier molecular flexibility index (Phi) is 5.18. The van der Waals surface area contributed by atoms with E-state index in [4.69, 9.17) is 14.7 Å². The minimum Gasteiger partial charge on any atom is -0.377 e. The van der Waals surface area contributed by atoms with Gasteiger partial charge in [-0.2, -0.15) is 0 Å². The lowest BCUT2D eigenvalue weighted by Crippen LogP contribution is -2.45. The van der Waals surface area contributed by atoms with E-state index in [1.165, 1.54) is 0 Å². The molecular weight excluding hydrogens is 390 g/mol. The first-order chi connectivity index (χ1) is 13.8. The summed E-state index contributed by atoms with van der Waals surface area (Å²) >= 11 is 0. The minimum absolute atomic E-state index is 0.195. The zero-order chi connectivity index (χ0) is 20.6. The standard InChI is InChI=1S/C20H25N5O3S/c1-4-15-12-28-8-7-25(15)20-11-14(24-29(3,26)27)10-19(23-20)17-6-5-16-18(22-17)9-13(2)21-16/h5-6,9-11,15,21H,4,7-8,12H2,1-3H3,(H,23,24)/t15-/m0/s1. The topological polar surface area (TPSA) is 100 Å². The first-order valence-corrected chi connectivity index (χ1v) is 11.5.